The van der Waals surface area contributed by atoms with Crippen molar-refractivity contribution in [2.24, 2.45) is 5.73 Å². The van der Waals surface area contributed by atoms with Crippen molar-refractivity contribution in [1.29, 1.82) is 0 Å². The Morgan fingerprint density at radius 1 is 1.64 bits per heavy atom. The van der Waals surface area contributed by atoms with Crippen LogP contribution in [0.3, 0.4) is 0 Å². The average Bonchev–Trinajstić information content (AvgIpc) is 2.46. The largest absolute Gasteiger partial charge is 0.330 e. The smallest absolute Gasteiger partial charge is 0.320 e. The van der Waals surface area contributed by atoms with Crippen LogP contribution >= 0.6 is 0 Å². The van der Waals surface area contributed by atoms with E-state index in [1.807, 2.05) is 16.8 Å². The Morgan fingerprint density at radius 2 is 2.29 bits per heavy atom. The third-order valence-corrected chi connectivity index (χ3v) is 3.13. The number of urea groups is 1. The second-order valence-electron chi connectivity index (χ2n) is 4.03. The van der Waals surface area contributed by atoms with E-state index in [0.29, 0.717) is 18.6 Å². The molecule has 0 aliphatic carbocycles. The van der Waals surface area contributed by atoms with Crippen LogP contribution in [0.1, 0.15) is 26.7 Å². The lowest BCUT2D eigenvalue weighted by atomic mass is 10.2. The minimum absolute atomic E-state index is 0.151. The molecule has 1 aliphatic rings. The summed E-state index contributed by atoms with van der Waals surface area (Å²) >= 11 is 0. The Hall–Kier alpha value is -0.770. The number of carbonyl (C=O) groups is 1. The van der Waals surface area contributed by atoms with Gasteiger partial charge in [0.25, 0.3) is 0 Å². The van der Waals surface area contributed by atoms with Crippen molar-refractivity contribution in [2.45, 2.75) is 38.8 Å². The van der Waals surface area contributed by atoms with Crippen molar-refractivity contribution >= 4 is 6.03 Å². The predicted molar refractivity (Wildman–Crippen MR) is 57.1 cm³/mol. The normalized spacial score (nSPS) is 24.6. The summed E-state index contributed by atoms with van der Waals surface area (Å²) in [4.78, 5) is 15.6. The number of likely N-dealkylation sites (N-methyl/N-ethyl adjacent to an activating group) is 1. The molecule has 1 saturated heterocycles. The zero-order valence-corrected chi connectivity index (χ0v) is 9.36. The number of hydrogen-bond donors (Lipinski definition) is 1. The minimum Gasteiger partial charge on any atom is -0.330 e. The van der Waals surface area contributed by atoms with E-state index in [9.17, 15) is 4.79 Å². The van der Waals surface area contributed by atoms with E-state index in [2.05, 4.69) is 13.8 Å². The van der Waals surface area contributed by atoms with Gasteiger partial charge in [0.05, 0.1) is 6.04 Å². The summed E-state index contributed by atoms with van der Waals surface area (Å²) in [6.07, 6.45) is 1.91. The lowest BCUT2D eigenvalue weighted by Crippen LogP contribution is -2.36. The summed E-state index contributed by atoms with van der Waals surface area (Å²) in [5, 5.41) is 0. The Kier molecular flexibility index (Phi) is 3.75. The van der Waals surface area contributed by atoms with Gasteiger partial charge in [0.2, 0.25) is 0 Å². The molecule has 0 bridgehead atoms. The van der Waals surface area contributed by atoms with Crippen molar-refractivity contribution in [3.63, 3.8) is 0 Å². The maximum Gasteiger partial charge on any atom is 0.320 e. The fourth-order valence-electron chi connectivity index (χ4n) is 1.85. The fraction of sp³-hybridized carbons (Fsp3) is 0.900. The summed E-state index contributed by atoms with van der Waals surface area (Å²) in [6, 6.07) is 0.798. The van der Waals surface area contributed by atoms with Crippen LogP contribution in [0.25, 0.3) is 0 Å². The second kappa shape index (κ2) is 4.64. The Bertz CT molecular complexity index is 208. The van der Waals surface area contributed by atoms with E-state index in [1.54, 1.807) is 0 Å². The number of rotatable bonds is 4. The number of carbonyl (C=O) groups excluding carboxylic acids is 1. The third kappa shape index (κ3) is 2.00. The van der Waals surface area contributed by atoms with Gasteiger partial charge in [0.1, 0.15) is 0 Å². The van der Waals surface area contributed by atoms with Crippen molar-refractivity contribution < 1.29 is 4.79 Å². The van der Waals surface area contributed by atoms with Crippen LogP contribution in [-0.4, -0.2) is 48.1 Å². The number of amides is 2. The van der Waals surface area contributed by atoms with Crippen molar-refractivity contribution in [3.8, 4) is 0 Å². The topological polar surface area (TPSA) is 49.6 Å². The quantitative estimate of drug-likeness (QED) is 0.730. The molecule has 0 aromatic heterocycles. The Morgan fingerprint density at radius 3 is 2.79 bits per heavy atom. The zero-order valence-electron chi connectivity index (χ0n) is 9.36. The maximum absolute atomic E-state index is 11.8. The molecule has 1 fully saturated rings. The first-order valence-electron chi connectivity index (χ1n) is 5.35. The van der Waals surface area contributed by atoms with Crippen LogP contribution in [0.5, 0.6) is 0 Å². The van der Waals surface area contributed by atoms with Gasteiger partial charge >= 0.3 is 6.03 Å². The van der Waals surface area contributed by atoms with Gasteiger partial charge in [-0.2, -0.15) is 0 Å². The molecule has 2 N–H and O–H groups in total. The molecule has 2 atom stereocenters. The highest BCUT2D eigenvalue weighted by atomic mass is 16.2. The molecule has 2 amide bonds. The number of nitrogens with zero attached hydrogens (tertiary/aromatic N) is 2. The maximum atomic E-state index is 11.8. The van der Waals surface area contributed by atoms with Crippen LogP contribution in [-0.2, 0) is 0 Å². The summed E-state index contributed by atoms with van der Waals surface area (Å²) in [7, 11) is 1.87. The van der Waals surface area contributed by atoms with Gasteiger partial charge in [-0.05, 0) is 26.3 Å². The van der Waals surface area contributed by atoms with Gasteiger partial charge in [-0.25, -0.2) is 4.79 Å². The van der Waals surface area contributed by atoms with E-state index < -0.39 is 0 Å². The highest BCUT2D eigenvalue weighted by Crippen LogP contribution is 2.19. The van der Waals surface area contributed by atoms with E-state index in [-0.39, 0.29) is 6.03 Å². The second-order valence-corrected chi connectivity index (χ2v) is 4.03. The monoisotopic (exact) mass is 199 g/mol. The highest BCUT2D eigenvalue weighted by Gasteiger charge is 2.35. The van der Waals surface area contributed by atoms with Crippen LogP contribution in [0.2, 0.25) is 0 Å². The third-order valence-electron chi connectivity index (χ3n) is 3.13. The van der Waals surface area contributed by atoms with Crippen molar-refractivity contribution in [1.82, 2.24) is 9.80 Å². The van der Waals surface area contributed by atoms with E-state index >= 15 is 0 Å². The van der Waals surface area contributed by atoms with E-state index in [1.165, 1.54) is 0 Å². The molecule has 4 nitrogen and oxygen atoms in total. The highest BCUT2D eigenvalue weighted by molar-refractivity contribution is 5.77. The number of hydrogen-bond acceptors (Lipinski definition) is 2. The van der Waals surface area contributed by atoms with Crippen molar-refractivity contribution in [2.75, 3.05) is 20.1 Å². The van der Waals surface area contributed by atoms with Gasteiger partial charge in [-0.1, -0.05) is 6.92 Å². The predicted octanol–water partition coefficient (Wildman–Crippen LogP) is 0.870. The Labute approximate surface area is 86.0 Å². The van der Waals surface area contributed by atoms with Gasteiger partial charge in [-0.3, -0.25) is 0 Å². The first kappa shape index (κ1) is 11.3. The molecule has 0 radical (unpaired) electrons. The summed E-state index contributed by atoms with van der Waals surface area (Å²) in [5.41, 5.74) is 5.51. The van der Waals surface area contributed by atoms with Crippen LogP contribution in [0.4, 0.5) is 4.79 Å². The van der Waals surface area contributed by atoms with E-state index in [4.69, 9.17) is 5.73 Å². The Balaban J connectivity index is 2.61. The van der Waals surface area contributed by atoms with Crippen LogP contribution < -0.4 is 5.73 Å². The molecule has 0 aromatic carbocycles. The molecule has 1 rings (SSSR count). The molecule has 1 heterocycles. The SMILES string of the molecule is CCC(C)N1CC(CCN)N(C)C1=O. The average molecular weight is 199 g/mol. The van der Waals surface area contributed by atoms with Gasteiger partial charge in [0.15, 0.2) is 0 Å². The minimum atomic E-state index is 0.151. The first-order valence-corrected chi connectivity index (χ1v) is 5.35. The van der Waals surface area contributed by atoms with E-state index in [0.717, 1.165) is 19.4 Å². The molecule has 1 aliphatic heterocycles. The van der Waals surface area contributed by atoms with Crippen molar-refractivity contribution in [3.05, 3.63) is 0 Å². The molecule has 2 unspecified atom stereocenters. The van der Waals surface area contributed by atoms with Crippen LogP contribution in [0, 0.1) is 0 Å². The molecule has 0 spiro atoms. The molecule has 4 heteroatoms. The van der Waals surface area contributed by atoms with Gasteiger partial charge in [-0.15, -0.1) is 0 Å². The van der Waals surface area contributed by atoms with Gasteiger partial charge < -0.3 is 15.5 Å². The molecular formula is C10H21N3O. The van der Waals surface area contributed by atoms with Crippen LogP contribution in [0.15, 0.2) is 0 Å². The zero-order chi connectivity index (χ0) is 10.7. The summed E-state index contributed by atoms with van der Waals surface area (Å²) in [6.45, 7) is 5.68. The fourth-order valence-corrected chi connectivity index (χ4v) is 1.85. The number of nitrogens with two attached hydrogens (primary N) is 1. The molecule has 82 valence electrons. The van der Waals surface area contributed by atoms with Gasteiger partial charge in [0, 0.05) is 19.6 Å². The molecular weight excluding hydrogens is 178 g/mol. The molecule has 0 saturated carbocycles. The standard InChI is InChI=1S/C10H21N3O/c1-4-8(2)13-7-9(5-6-11)12(3)10(13)14/h8-9H,4-7,11H2,1-3H3. The molecule has 14 heavy (non-hydrogen) atoms. The molecule has 0 aromatic rings. The first-order chi connectivity index (χ1) is 6.61. The lowest BCUT2D eigenvalue weighted by Gasteiger charge is -2.22. The lowest BCUT2D eigenvalue weighted by molar-refractivity contribution is 0.183. The summed E-state index contributed by atoms with van der Waals surface area (Å²) in [5.74, 6) is 0. The summed E-state index contributed by atoms with van der Waals surface area (Å²) < 4.78 is 0.